The van der Waals surface area contributed by atoms with Crippen molar-refractivity contribution >= 4 is 17.9 Å². The van der Waals surface area contributed by atoms with Gasteiger partial charge in [0.2, 0.25) is 11.8 Å². The third-order valence-electron chi connectivity index (χ3n) is 6.64. The van der Waals surface area contributed by atoms with Crippen molar-refractivity contribution in [2.24, 2.45) is 0 Å². The van der Waals surface area contributed by atoms with E-state index in [4.69, 9.17) is 4.74 Å². The van der Waals surface area contributed by atoms with E-state index in [1.807, 2.05) is 30.3 Å². The van der Waals surface area contributed by atoms with E-state index < -0.39 is 29.7 Å². The van der Waals surface area contributed by atoms with Gasteiger partial charge in [0.25, 0.3) is 0 Å². The Balaban J connectivity index is 1.95. The predicted molar refractivity (Wildman–Crippen MR) is 147 cm³/mol. The molecule has 0 radical (unpaired) electrons. The lowest BCUT2D eigenvalue weighted by Gasteiger charge is -2.35. The Kier molecular flexibility index (Phi) is 10.2. The highest BCUT2D eigenvalue weighted by atomic mass is 16.6. The summed E-state index contributed by atoms with van der Waals surface area (Å²) in [6.07, 6.45) is 4.50. The maximum atomic E-state index is 14.1. The molecule has 0 saturated heterocycles. The lowest BCUT2D eigenvalue weighted by molar-refractivity contribution is -0.142. The first-order valence-corrected chi connectivity index (χ1v) is 13.5. The van der Waals surface area contributed by atoms with Gasteiger partial charge >= 0.3 is 6.09 Å². The summed E-state index contributed by atoms with van der Waals surface area (Å²) >= 11 is 0. The lowest BCUT2D eigenvalue weighted by atomic mass is 9.94. The molecule has 0 aromatic heterocycles. The first-order chi connectivity index (χ1) is 18.1. The van der Waals surface area contributed by atoms with Gasteiger partial charge in [0.1, 0.15) is 23.4 Å². The van der Waals surface area contributed by atoms with Crippen LogP contribution in [-0.4, -0.2) is 52.1 Å². The lowest BCUT2D eigenvalue weighted by Crippen LogP contribution is -2.54. The average Bonchev–Trinajstić information content (AvgIpc) is 2.87. The number of phenolic OH excluding ortho intramolecular Hbond substituents is 1. The highest BCUT2D eigenvalue weighted by Crippen LogP contribution is 2.30. The molecule has 1 aliphatic carbocycles. The van der Waals surface area contributed by atoms with Crippen molar-refractivity contribution in [3.63, 3.8) is 0 Å². The van der Waals surface area contributed by atoms with Crippen LogP contribution in [0, 0.1) is 0 Å². The number of alkyl carbamates (subject to hydrolysis) is 1. The maximum Gasteiger partial charge on any atom is 0.408 e. The molecule has 8 heteroatoms. The van der Waals surface area contributed by atoms with Crippen LogP contribution in [0.25, 0.3) is 0 Å². The number of para-hydroxylation sites is 1. The fraction of sp³-hybridized carbons (Fsp3) is 0.500. The van der Waals surface area contributed by atoms with E-state index in [1.165, 1.54) is 11.0 Å². The fourth-order valence-electron chi connectivity index (χ4n) is 4.86. The van der Waals surface area contributed by atoms with Crippen LogP contribution in [-0.2, 0) is 20.7 Å². The standard InChI is InChI=1S/C30H41N3O5/c1-5-33(26(23-18-12-13-19-25(23)34)27(35)31-22-16-10-7-11-17-22)28(36)24(20-21-14-8-6-9-15-21)32-29(37)38-30(2,3)4/h6,8-9,12-15,18-19,22,24,26,34H,5,7,10-11,16-17,20H2,1-4H3,(H,31,35)(H,32,37). The Labute approximate surface area is 225 Å². The molecule has 0 heterocycles. The van der Waals surface area contributed by atoms with Crippen LogP contribution in [0.5, 0.6) is 5.75 Å². The topological polar surface area (TPSA) is 108 Å². The third-order valence-corrected chi connectivity index (χ3v) is 6.64. The van der Waals surface area contributed by atoms with Crippen molar-refractivity contribution in [2.75, 3.05) is 6.54 Å². The van der Waals surface area contributed by atoms with Crippen LogP contribution >= 0.6 is 0 Å². The van der Waals surface area contributed by atoms with Gasteiger partial charge in [-0.3, -0.25) is 9.59 Å². The normalized spacial score (nSPS) is 15.7. The van der Waals surface area contributed by atoms with Crippen LogP contribution in [0.2, 0.25) is 0 Å². The maximum absolute atomic E-state index is 14.1. The smallest absolute Gasteiger partial charge is 0.408 e. The molecule has 3 amide bonds. The van der Waals surface area contributed by atoms with Gasteiger partial charge in [-0.1, -0.05) is 67.8 Å². The third kappa shape index (κ3) is 8.23. The molecule has 1 aliphatic rings. The van der Waals surface area contributed by atoms with Gasteiger partial charge in [-0.15, -0.1) is 0 Å². The number of nitrogens with zero attached hydrogens (tertiary/aromatic N) is 1. The van der Waals surface area contributed by atoms with Crippen molar-refractivity contribution in [3.05, 3.63) is 65.7 Å². The summed E-state index contributed by atoms with van der Waals surface area (Å²) in [6.45, 7) is 7.23. The molecule has 0 spiro atoms. The SMILES string of the molecule is CCN(C(=O)C(Cc1ccccc1)NC(=O)OC(C)(C)C)C(C(=O)NC1CCCCC1)c1ccccc1O. The second-order valence-electron chi connectivity index (χ2n) is 10.8. The van der Waals surface area contributed by atoms with Crippen molar-refractivity contribution in [1.82, 2.24) is 15.5 Å². The molecule has 2 aromatic rings. The molecule has 2 aromatic carbocycles. The van der Waals surface area contributed by atoms with Crippen molar-refractivity contribution in [3.8, 4) is 5.75 Å². The molecule has 206 valence electrons. The summed E-state index contributed by atoms with van der Waals surface area (Å²) < 4.78 is 5.44. The molecule has 2 unspecified atom stereocenters. The molecule has 1 saturated carbocycles. The van der Waals surface area contributed by atoms with Gasteiger partial charge < -0.3 is 25.4 Å². The number of carbonyl (C=O) groups is 3. The quantitative estimate of drug-likeness (QED) is 0.435. The number of ether oxygens (including phenoxy) is 1. The largest absolute Gasteiger partial charge is 0.508 e. The molecular formula is C30H41N3O5. The van der Waals surface area contributed by atoms with Gasteiger partial charge in [-0.05, 0) is 52.2 Å². The minimum absolute atomic E-state index is 0.0263. The minimum Gasteiger partial charge on any atom is -0.508 e. The minimum atomic E-state index is -1.06. The molecule has 3 rings (SSSR count). The summed E-state index contributed by atoms with van der Waals surface area (Å²) in [5.41, 5.74) is 0.447. The summed E-state index contributed by atoms with van der Waals surface area (Å²) in [4.78, 5) is 42.0. The van der Waals surface area contributed by atoms with E-state index in [1.54, 1.807) is 45.9 Å². The van der Waals surface area contributed by atoms with E-state index in [0.717, 1.165) is 37.7 Å². The van der Waals surface area contributed by atoms with E-state index in [9.17, 15) is 19.5 Å². The van der Waals surface area contributed by atoms with Crippen LogP contribution in [0.3, 0.4) is 0 Å². The molecule has 0 bridgehead atoms. The number of phenols is 1. The Morgan fingerprint density at radius 3 is 2.24 bits per heavy atom. The van der Waals surface area contributed by atoms with Crippen molar-refractivity contribution in [2.45, 2.75) is 89.9 Å². The summed E-state index contributed by atoms with van der Waals surface area (Å²) in [7, 11) is 0. The van der Waals surface area contributed by atoms with Gasteiger partial charge in [-0.2, -0.15) is 0 Å². The molecule has 38 heavy (non-hydrogen) atoms. The average molecular weight is 524 g/mol. The molecule has 1 fully saturated rings. The zero-order valence-corrected chi connectivity index (χ0v) is 22.9. The number of hydrogen-bond donors (Lipinski definition) is 3. The number of likely N-dealkylation sites (N-methyl/N-ethyl adjacent to an activating group) is 1. The first-order valence-electron chi connectivity index (χ1n) is 13.5. The number of aromatic hydroxyl groups is 1. The Morgan fingerprint density at radius 2 is 1.63 bits per heavy atom. The molecule has 3 N–H and O–H groups in total. The van der Waals surface area contributed by atoms with Crippen LogP contribution < -0.4 is 10.6 Å². The highest BCUT2D eigenvalue weighted by molar-refractivity contribution is 5.92. The highest BCUT2D eigenvalue weighted by Gasteiger charge is 2.37. The summed E-state index contributed by atoms with van der Waals surface area (Å²) in [5, 5.41) is 16.6. The monoisotopic (exact) mass is 523 g/mol. The van der Waals surface area contributed by atoms with Crippen LogP contribution in [0.4, 0.5) is 4.79 Å². The molecule has 8 nitrogen and oxygen atoms in total. The second kappa shape index (κ2) is 13.3. The van der Waals surface area contributed by atoms with Crippen molar-refractivity contribution < 1.29 is 24.2 Å². The zero-order valence-electron chi connectivity index (χ0n) is 22.9. The number of rotatable bonds is 9. The van der Waals surface area contributed by atoms with E-state index in [2.05, 4.69) is 10.6 Å². The number of amides is 3. The fourth-order valence-corrected chi connectivity index (χ4v) is 4.86. The number of hydrogen-bond acceptors (Lipinski definition) is 5. The predicted octanol–water partition coefficient (Wildman–Crippen LogP) is 4.87. The van der Waals surface area contributed by atoms with Gasteiger partial charge in [0, 0.05) is 24.6 Å². The Hall–Kier alpha value is -3.55. The van der Waals surface area contributed by atoms with E-state index in [-0.39, 0.29) is 30.7 Å². The summed E-state index contributed by atoms with van der Waals surface area (Å²) in [6, 6.07) is 13.9. The van der Waals surface area contributed by atoms with Gasteiger partial charge in [-0.25, -0.2) is 4.79 Å². The van der Waals surface area contributed by atoms with E-state index >= 15 is 0 Å². The Bertz CT molecular complexity index is 1080. The zero-order chi connectivity index (χ0) is 27.7. The second-order valence-corrected chi connectivity index (χ2v) is 10.8. The first kappa shape index (κ1) is 29.0. The number of carbonyl (C=O) groups excluding carboxylic acids is 3. The van der Waals surface area contributed by atoms with Gasteiger partial charge in [0.15, 0.2) is 0 Å². The molecule has 0 aliphatic heterocycles. The number of benzene rings is 2. The van der Waals surface area contributed by atoms with Crippen LogP contribution in [0.1, 0.15) is 77.0 Å². The molecule has 2 atom stereocenters. The van der Waals surface area contributed by atoms with Crippen molar-refractivity contribution in [1.29, 1.82) is 0 Å². The summed E-state index contributed by atoms with van der Waals surface area (Å²) in [5.74, 6) is -0.846. The Morgan fingerprint density at radius 1 is 1.00 bits per heavy atom. The number of nitrogens with one attached hydrogen (secondary N) is 2. The van der Waals surface area contributed by atoms with E-state index in [0.29, 0.717) is 5.56 Å². The van der Waals surface area contributed by atoms with Crippen LogP contribution in [0.15, 0.2) is 54.6 Å². The molecular weight excluding hydrogens is 482 g/mol. The van der Waals surface area contributed by atoms with Gasteiger partial charge in [0.05, 0.1) is 0 Å².